The first-order chi connectivity index (χ1) is 11.2. The van der Waals surface area contributed by atoms with Crippen LogP contribution < -0.4 is 10.6 Å². The molecule has 1 aromatic carbocycles. The van der Waals surface area contributed by atoms with Gasteiger partial charge in [0, 0.05) is 20.2 Å². The zero-order chi connectivity index (χ0) is 16.5. The number of aliphatic imine (C=N–C) groups is 1. The zero-order valence-electron chi connectivity index (χ0n) is 14.8. The maximum atomic E-state index is 5.27. The molecule has 1 aliphatic rings. The Bertz CT molecular complexity index is 504. The van der Waals surface area contributed by atoms with Gasteiger partial charge in [-0.3, -0.25) is 0 Å². The largest absolute Gasteiger partial charge is 0.380 e. The second-order valence-corrected chi connectivity index (χ2v) is 6.46. The number of hydrogen-bond acceptors (Lipinski definition) is 2. The van der Waals surface area contributed by atoms with Gasteiger partial charge in [0.1, 0.15) is 0 Å². The monoisotopic (exact) mass is 317 g/mol. The Balaban J connectivity index is 1.98. The number of methoxy groups -OCH3 is 1. The van der Waals surface area contributed by atoms with Gasteiger partial charge in [0.2, 0.25) is 0 Å². The molecule has 2 rings (SSSR count). The van der Waals surface area contributed by atoms with Crippen molar-refractivity contribution >= 4 is 5.96 Å². The maximum absolute atomic E-state index is 5.27. The first kappa shape index (κ1) is 17.8. The molecule has 1 fully saturated rings. The smallest absolute Gasteiger partial charge is 0.191 e. The summed E-state index contributed by atoms with van der Waals surface area (Å²) >= 11 is 0. The predicted octanol–water partition coefficient (Wildman–Crippen LogP) is 3.47. The number of rotatable bonds is 8. The van der Waals surface area contributed by atoms with Crippen molar-refractivity contribution in [2.45, 2.75) is 52.7 Å². The maximum Gasteiger partial charge on any atom is 0.191 e. The van der Waals surface area contributed by atoms with Gasteiger partial charge in [-0.1, -0.05) is 37.6 Å². The van der Waals surface area contributed by atoms with Crippen LogP contribution in [0.5, 0.6) is 0 Å². The van der Waals surface area contributed by atoms with E-state index in [4.69, 9.17) is 9.73 Å². The Morgan fingerprint density at radius 3 is 2.48 bits per heavy atom. The van der Waals surface area contributed by atoms with Crippen LogP contribution in [0.15, 0.2) is 29.3 Å². The fourth-order valence-electron chi connectivity index (χ4n) is 3.12. The van der Waals surface area contributed by atoms with E-state index in [-0.39, 0.29) is 0 Å². The highest BCUT2D eigenvalue weighted by molar-refractivity contribution is 5.79. The van der Waals surface area contributed by atoms with Crippen molar-refractivity contribution in [2.75, 3.05) is 20.2 Å². The van der Waals surface area contributed by atoms with Crippen LogP contribution in [0.4, 0.5) is 0 Å². The van der Waals surface area contributed by atoms with E-state index in [2.05, 4.69) is 42.7 Å². The quantitative estimate of drug-likeness (QED) is 0.570. The van der Waals surface area contributed by atoms with E-state index in [1.807, 2.05) is 6.07 Å². The molecule has 1 aromatic rings. The Labute approximate surface area is 140 Å². The first-order valence-corrected chi connectivity index (χ1v) is 8.81. The summed E-state index contributed by atoms with van der Waals surface area (Å²) in [5, 5.41) is 6.90. The van der Waals surface area contributed by atoms with Crippen LogP contribution >= 0.6 is 0 Å². The molecule has 0 unspecified atom stereocenters. The summed E-state index contributed by atoms with van der Waals surface area (Å²) in [5.74, 6) is 0.916. The summed E-state index contributed by atoms with van der Waals surface area (Å²) in [4.78, 5) is 4.76. The fraction of sp³-hybridized carbons (Fsp3) is 0.632. The highest BCUT2D eigenvalue weighted by Crippen LogP contribution is 2.42. The molecule has 23 heavy (non-hydrogen) atoms. The van der Waals surface area contributed by atoms with Gasteiger partial charge in [-0.25, -0.2) is 4.99 Å². The molecule has 1 aliphatic carbocycles. The summed E-state index contributed by atoms with van der Waals surface area (Å²) in [5.41, 5.74) is 2.92. The van der Waals surface area contributed by atoms with Gasteiger partial charge in [-0.05, 0) is 42.7 Å². The second kappa shape index (κ2) is 8.92. The van der Waals surface area contributed by atoms with Crippen molar-refractivity contribution in [1.29, 1.82) is 0 Å². The molecule has 0 radical (unpaired) electrons. The van der Waals surface area contributed by atoms with Gasteiger partial charge in [0.05, 0.1) is 13.2 Å². The zero-order valence-corrected chi connectivity index (χ0v) is 14.8. The normalized spacial score (nSPS) is 16.7. The lowest BCUT2D eigenvalue weighted by Crippen LogP contribution is -2.46. The number of ether oxygens (including phenoxy) is 1. The summed E-state index contributed by atoms with van der Waals surface area (Å²) in [7, 11) is 1.73. The molecule has 0 amide bonds. The van der Waals surface area contributed by atoms with E-state index in [1.54, 1.807) is 7.11 Å². The average Bonchev–Trinajstić information content (AvgIpc) is 2.53. The Morgan fingerprint density at radius 2 is 1.91 bits per heavy atom. The number of nitrogens with one attached hydrogen (secondary N) is 2. The molecule has 1 saturated carbocycles. The average molecular weight is 317 g/mol. The lowest BCUT2D eigenvalue weighted by atomic mass is 9.67. The van der Waals surface area contributed by atoms with Crippen molar-refractivity contribution in [3.8, 4) is 0 Å². The third-order valence-electron chi connectivity index (χ3n) is 4.97. The molecule has 2 N–H and O–H groups in total. The van der Waals surface area contributed by atoms with Crippen LogP contribution in [0.1, 0.15) is 50.7 Å². The summed E-state index contributed by atoms with van der Waals surface area (Å²) in [6.45, 7) is 7.61. The highest BCUT2D eigenvalue weighted by atomic mass is 16.5. The van der Waals surface area contributed by atoms with Gasteiger partial charge in [0.25, 0.3) is 0 Å². The minimum atomic E-state index is 0.490. The van der Waals surface area contributed by atoms with Crippen LogP contribution in [0.3, 0.4) is 0 Å². The first-order valence-electron chi connectivity index (χ1n) is 8.81. The summed E-state index contributed by atoms with van der Waals surface area (Å²) < 4.78 is 5.27. The predicted molar refractivity (Wildman–Crippen MR) is 96.5 cm³/mol. The van der Waals surface area contributed by atoms with E-state index >= 15 is 0 Å². The molecule has 0 bridgehead atoms. The molecule has 0 heterocycles. The minimum Gasteiger partial charge on any atom is -0.380 e. The molecule has 0 aliphatic heterocycles. The van der Waals surface area contributed by atoms with Crippen molar-refractivity contribution in [2.24, 2.45) is 10.4 Å². The fourth-order valence-corrected chi connectivity index (χ4v) is 3.12. The Hall–Kier alpha value is -1.55. The van der Waals surface area contributed by atoms with Gasteiger partial charge < -0.3 is 15.4 Å². The summed E-state index contributed by atoms with van der Waals surface area (Å²) in [6.07, 6.45) is 5.29. The highest BCUT2D eigenvalue weighted by Gasteiger charge is 2.34. The number of guanidine groups is 1. The lowest BCUT2D eigenvalue weighted by Gasteiger charge is -2.41. The van der Waals surface area contributed by atoms with Crippen LogP contribution in [0, 0.1) is 5.41 Å². The molecular formula is C19H31N3O. The minimum absolute atomic E-state index is 0.490. The molecule has 4 heteroatoms. The number of benzene rings is 1. The van der Waals surface area contributed by atoms with Crippen LogP contribution in [-0.2, 0) is 17.9 Å². The SMILES string of the molecule is CCNC(=NCc1ccccc1COC)NCC1(CC)CCC1. The van der Waals surface area contributed by atoms with Gasteiger partial charge in [-0.2, -0.15) is 0 Å². The van der Waals surface area contributed by atoms with Gasteiger partial charge in [0.15, 0.2) is 5.96 Å². The lowest BCUT2D eigenvalue weighted by molar-refractivity contribution is 0.131. The Kier molecular flexibility index (Phi) is 6.90. The van der Waals surface area contributed by atoms with Crippen molar-refractivity contribution in [3.05, 3.63) is 35.4 Å². The number of hydrogen-bond donors (Lipinski definition) is 2. The van der Waals surface area contributed by atoms with Crippen molar-refractivity contribution < 1.29 is 4.74 Å². The van der Waals surface area contributed by atoms with Gasteiger partial charge >= 0.3 is 0 Å². The molecule has 4 nitrogen and oxygen atoms in total. The molecular weight excluding hydrogens is 286 g/mol. The van der Waals surface area contributed by atoms with E-state index in [0.29, 0.717) is 18.6 Å². The molecule has 0 aromatic heterocycles. The van der Waals surface area contributed by atoms with E-state index in [1.165, 1.54) is 36.8 Å². The molecule has 0 saturated heterocycles. The van der Waals surface area contributed by atoms with Crippen LogP contribution in [0.25, 0.3) is 0 Å². The standard InChI is InChI=1S/C19H31N3O/c1-4-19(11-8-12-19)15-22-18(20-5-2)21-13-16-9-6-7-10-17(16)14-23-3/h6-7,9-10H,4-5,8,11-15H2,1-3H3,(H2,20,21,22). The van der Waals surface area contributed by atoms with Crippen molar-refractivity contribution in [3.63, 3.8) is 0 Å². The third-order valence-corrected chi connectivity index (χ3v) is 4.97. The summed E-state index contributed by atoms with van der Waals surface area (Å²) in [6, 6.07) is 8.34. The number of nitrogens with zero attached hydrogens (tertiary/aromatic N) is 1. The molecule has 128 valence electrons. The Morgan fingerprint density at radius 1 is 1.17 bits per heavy atom. The van der Waals surface area contributed by atoms with E-state index in [9.17, 15) is 0 Å². The molecule has 0 spiro atoms. The van der Waals surface area contributed by atoms with E-state index < -0.39 is 0 Å². The topological polar surface area (TPSA) is 45.7 Å². The van der Waals surface area contributed by atoms with Crippen LogP contribution in [0.2, 0.25) is 0 Å². The second-order valence-electron chi connectivity index (χ2n) is 6.46. The molecule has 0 atom stereocenters. The van der Waals surface area contributed by atoms with E-state index in [0.717, 1.165) is 19.0 Å². The van der Waals surface area contributed by atoms with Crippen molar-refractivity contribution in [1.82, 2.24) is 10.6 Å². The van der Waals surface area contributed by atoms with Gasteiger partial charge in [-0.15, -0.1) is 0 Å². The third kappa shape index (κ3) is 4.96. The van der Waals surface area contributed by atoms with Crippen LogP contribution in [-0.4, -0.2) is 26.2 Å².